The second kappa shape index (κ2) is 4.60. The average molecular weight is 195 g/mol. The molecule has 1 rings (SSSR count). The molecule has 0 aliphatic rings. The number of nitrogens with one attached hydrogen (secondary N) is 1. The number of aryl methyl sites for hydroxylation is 1. The summed E-state index contributed by atoms with van der Waals surface area (Å²) in [4.78, 5) is 0. The zero-order valence-electron chi connectivity index (χ0n) is 9.67. The molecule has 14 heavy (non-hydrogen) atoms. The molecular weight excluding hydrogens is 174 g/mol. The molecule has 0 aromatic carbocycles. The SMILES string of the molecule is CCn1nccc1CCNC(C)(C)C. The zero-order chi connectivity index (χ0) is 10.6. The van der Waals surface area contributed by atoms with E-state index in [0.29, 0.717) is 0 Å². The highest BCUT2D eigenvalue weighted by Crippen LogP contribution is 2.02. The predicted octanol–water partition coefficient (Wildman–Crippen LogP) is 1.83. The lowest BCUT2D eigenvalue weighted by Gasteiger charge is -2.20. The van der Waals surface area contributed by atoms with Crippen molar-refractivity contribution in [2.75, 3.05) is 6.54 Å². The number of rotatable bonds is 4. The summed E-state index contributed by atoms with van der Waals surface area (Å²) < 4.78 is 2.05. The Morgan fingerprint density at radius 2 is 2.14 bits per heavy atom. The Bertz CT molecular complexity index is 270. The first kappa shape index (κ1) is 11.2. The molecule has 0 aliphatic heterocycles. The molecule has 0 saturated heterocycles. The maximum absolute atomic E-state index is 4.24. The van der Waals surface area contributed by atoms with Crippen molar-refractivity contribution in [2.45, 2.75) is 46.2 Å². The Morgan fingerprint density at radius 3 is 2.71 bits per heavy atom. The van der Waals surface area contributed by atoms with Gasteiger partial charge in [0, 0.05) is 36.9 Å². The van der Waals surface area contributed by atoms with Crippen molar-refractivity contribution in [2.24, 2.45) is 0 Å². The van der Waals surface area contributed by atoms with Crippen LogP contribution in [0.5, 0.6) is 0 Å². The van der Waals surface area contributed by atoms with E-state index in [9.17, 15) is 0 Å². The van der Waals surface area contributed by atoms with Crippen molar-refractivity contribution < 1.29 is 0 Å². The molecule has 0 fully saturated rings. The summed E-state index contributed by atoms with van der Waals surface area (Å²) in [6, 6.07) is 2.09. The van der Waals surface area contributed by atoms with Crippen LogP contribution >= 0.6 is 0 Å². The van der Waals surface area contributed by atoms with Crippen molar-refractivity contribution in [3.8, 4) is 0 Å². The third-order valence-corrected chi connectivity index (χ3v) is 2.14. The van der Waals surface area contributed by atoms with E-state index in [4.69, 9.17) is 0 Å². The molecule has 0 bridgehead atoms. The van der Waals surface area contributed by atoms with E-state index >= 15 is 0 Å². The van der Waals surface area contributed by atoms with Crippen LogP contribution < -0.4 is 5.32 Å². The predicted molar refractivity (Wildman–Crippen MR) is 59.4 cm³/mol. The van der Waals surface area contributed by atoms with E-state index in [0.717, 1.165) is 19.5 Å². The van der Waals surface area contributed by atoms with Crippen LogP contribution in [0.25, 0.3) is 0 Å². The Kier molecular flexibility index (Phi) is 3.69. The van der Waals surface area contributed by atoms with Gasteiger partial charge in [0.25, 0.3) is 0 Å². The van der Waals surface area contributed by atoms with Gasteiger partial charge in [0.05, 0.1) is 0 Å². The molecule has 0 aliphatic carbocycles. The maximum atomic E-state index is 4.24. The Labute approximate surface area is 86.5 Å². The molecule has 1 N–H and O–H groups in total. The minimum Gasteiger partial charge on any atom is -0.312 e. The smallest absolute Gasteiger partial charge is 0.0492 e. The van der Waals surface area contributed by atoms with E-state index in [1.807, 2.05) is 10.9 Å². The topological polar surface area (TPSA) is 29.9 Å². The van der Waals surface area contributed by atoms with Crippen molar-refractivity contribution in [1.29, 1.82) is 0 Å². The summed E-state index contributed by atoms with van der Waals surface area (Å²) >= 11 is 0. The van der Waals surface area contributed by atoms with Crippen molar-refractivity contribution in [3.05, 3.63) is 18.0 Å². The average Bonchev–Trinajstić information content (AvgIpc) is 2.49. The fourth-order valence-corrected chi connectivity index (χ4v) is 1.42. The number of hydrogen-bond donors (Lipinski definition) is 1. The van der Waals surface area contributed by atoms with Crippen LogP contribution in [0.15, 0.2) is 12.3 Å². The third kappa shape index (κ3) is 3.50. The minimum atomic E-state index is 0.205. The van der Waals surface area contributed by atoms with Crippen LogP contribution in [-0.4, -0.2) is 21.9 Å². The quantitative estimate of drug-likeness (QED) is 0.794. The Hall–Kier alpha value is -0.830. The first-order valence-corrected chi connectivity index (χ1v) is 5.28. The first-order valence-electron chi connectivity index (χ1n) is 5.28. The van der Waals surface area contributed by atoms with Gasteiger partial charge in [-0.25, -0.2) is 0 Å². The zero-order valence-corrected chi connectivity index (χ0v) is 9.67. The van der Waals surface area contributed by atoms with Gasteiger partial charge in [-0.05, 0) is 33.8 Å². The lowest BCUT2D eigenvalue weighted by molar-refractivity contribution is 0.425. The van der Waals surface area contributed by atoms with Crippen LogP contribution in [-0.2, 0) is 13.0 Å². The number of hydrogen-bond acceptors (Lipinski definition) is 2. The molecule has 80 valence electrons. The van der Waals surface area contributed by atoms with Crippen LogP contribution in [0.2, 0.25) is 0 Å². The van der Waals surface area contributed by atoms with Crippen molar-refractivity contribution >= 4 is 0 Å². The van der Waals surface area contributed by atoms with Crippen LogP contribution in [0, 0.1) is 0 Å². The highest BCUT2D eigenvalue weighted by Gasteiger charge is 2.08. The normalized spacial score (nSPS) is 12.0. The fourth-order valence-electron chi connectivity index (χ4n) is 1.42. The second-order valence-corrected chi connectivity index (χ2v) is 4.57. The molecule has 1 aromatic rings. The van der Waals surface area contributed by atoms with Gasteiger partial charge in [0.15, 0.2) is 0 Å². The van der Waals surface area contributed by atoms with E-state index in [2.05, 4.69) is 44.2 Å². The third-order valence-electron chi connectivity index (χ3n) is 2.14. The molecule has 1 heterocycles. The van der Waals surface area contributed by atoms with E-state index < -0.39 is 0 Å². The van der Waals surface area contributed by atoms with E-state index in [1.54, 1.807) is 0 Å². The van der Waals surface area contributed by atoms with Gasteiger partial charge in [0.1, 0.15) is 0 Å². The monoisotopic (exact) mass is 195 g/mol. The lowest BCUT2D eigenvalue weighted by Crippen LogP contribution is -2.37. The Balaban J connectivity index is 2.38. The van der Waals surface area contributed by atoms with Gasteiger partial charge in [0.2, 0.25) is 0 Å². The van der Waals surface area contributed by atoms with Gasteiger partial charge < -0.3 is 5.32 Å². The van der Waals surface area contributed by atoms with Crippen molar-refractivity contribution in [3.63, 3.8) is 0 Å². The van der Waals surface area contributed by atoms with Gasteiger partial charge in [-0.1, -0.05) is 0 Å². The molecule has 0 saturated carbocycles. The summed E-state index contributed by atoms with van der Waals surface area (Å²) in [5.74, 6) is 0. The van der Waals surface area contributed by atoms with E-state index in [1.165, 1.54) is 5.69 Å². The Morgan fingerprint density at radius 1 is 1.43 bits per heavy atom. The number of nitrogens with zero attached hydrogens (tertiary/aromatic N) is 2. The summed E-state index contributed by atoms with van der Waals surface area (Å²) in [6.45, 7) is 10.6. The first-order chi connectivity index (χ1) is 6.53. The summed E-state index contributed by atoms with van der Waals surface area (Å²) in [5, 5.41) is 7.71. The second-order valence-electron chi connectivity index (χ2n) is 4.57. The molecule has 0 unspecified atom stereocenters. The molecule has 0 spiro atoms. The van der Waals surface area contributed by atoms with Gasteiger partial charge in [-0.2, -0.15) is 5.10 Å². The summed E-state index contributed by atoms with van der Waals surface area (Å²) in [5.41, 5.74) is 1.51. The largest absolute Gasteiger partial charge is 0.312 e. The van der Waals surface area contributed by atoms with Crippen LogP contribution in [0.4, 0.5) is 0 Å². The molecular formula is C11H21N3. The number of aromatic nitrogens is 2. The van der Waals surface area contributed by atoms with E-state index in [-0.39, 0.29) is 5.54 Å². The molecule has 0 radical (unpaired) electrons. The van der Waals surface area contributed by atoms with Crippen LogP contribution in [0.3, 0.4) is 0 Å². The molecule has 0 amide bonds. The molecule has 3 heteroatoms. The summed E-state index contributed by atoms with van der Waals surface area (Å²) in [7, 11) is 0. The van der Waals surface area contributed by atoms with Gasteiger partial charge in [-0.15, -0.1) is 0 Å². The fraction of sp³-hybridized carbons (Fsp3) is 0.727. The minimum absolute atomic E-state index is 0.205. The highest BCUT2D eigenvalue weighted by atomic mass is 15.3. The summed E-state index contributed by atoms with van der Waals surface area (Å²) in [6.07, 6.45) is 2.92. The maximum Gasteiger partial charge on any atom is 0.0492 e. The standard InChI is InChI=1S/C11H21N3/c1-5-14-10(7-9-13-14)6-8-12-11(2,3)4/h7,9,12H,5-6,8H2,1-4H3. The van der Waals surface area contributed by atoms with Gasteiger partial charge >= 0.3 is 0 Å². The molecule has 3 nitrogen and oxygen atoms in total. The van der Waals surface area contributed by atoms with Gasteiger partial charge in [-0.3, -0.25) is 4.68 Å². The highest BCUT2D eigenvalue weighted by molar-refractivity contribution is 5.01. The lowest BCUT2D eigenvalue weighted by atomic mass is 10.1. The van der Waals surface area contributed by atoms with Crippen LogP contribution in [0.1, 0.15) is 33.4 Å². The molecule has 1 aromatic heterocycles. The molecule has 0 atom stereocenters. The van der Waals surface area contributed by atoms with Crippen molar-refractivity contribution in [1.82, 2.24) is 15.1 Å².